The Bertz CT molecular complexity index is 1180. The maximum Gasteiger partial charge on any atom is 0.328 e. The van der Waals surface area contributed by atoms with Crippen molar-refractivity contribution in [3.63, 3.8) is 0 Å². The third kappa shape index (κ3) is 4.76. The Morgan fingerprint density at radius 3 is 2.56 bits per heavy atom. The van der Waals surface area contributed by atoms with Gasteiger partial charge in [-0.2, -0.15) is 0 Å². The van der Waals surface area contributed by atoms with Crippen LogP contribution in [0.1, 0.15) is 51.2 Å². The van der Waals surface area contributed by atoms with E-state index in [4.69, 9.17) is 21.1 Å². The molecule has 34 heavy (non-hydrogen) atoms. The Labute approximate surface area is 206 Å². The number of nitrogens with one attached hydrogen (secondary N) is 2. The van der Waals surface area contributed by atoms with Crippen LogP contribution in [0.3, 0.4) is 0 Å². The minimum Gasteiger partial charge on any atom is -0.487 e. The Morgan fingerprint density at radius 2 is 1.91 bits per heavy atom. The number of aryl methyl sites for hydroxylation is 1. The summed E-state index contributed by atoms with van der Waals surface area (Å²) in [6.45, 7) is 8.29. The van der Waals surface area contributed by atoms with Crippen molar-refractivity contribution in [3.05, 3.63) is 58.6 Å². The molecule has 0 spiro atoms. The molecule has 2 aliphatic rings. The molecule has 2 saturated heterocycles. The molecular formula is C25H31ClN2O5S. The number of amides is 2. The second-order valence-corrected chi connectivity index (χ2v) is 11.9. The van der Waals surface area contributed by atoms with Crippen molar-refractivity contribution in [1.29, 1.82) is 0 Å². The monoisotopic (exact) mass is 506 g/mol. The predicted octanol–water partition coefficient (Wildman–Crippen LogP) is 4.95. The number of ether oxygens (including phenoxy) is 2. The van der Waals surface area contributed by atoms with Crippen LogP contribution in [0.2, 0.25) is 5.02 Å². The first kappa shape index (κ1) is 24.8. The van der Waals surface area contributed by atoms with E-state index in [-0.39, 0.29) is 28.7 Å². The number of hydrogen-bond donors (Lipinski definition) is 2. The minimum absolute atomic E-state index is 0.00384. The average molecular weight is 507 g/mol. The van der Waals surface area contributed by atoms with Gasteiger partial charge in [0, 0.05) is 23.6 Å². The number of carbonyl (C=O) groups is 1. The predicted molar refractivity (Wildman–Crippen MR) is 131 cm³/mol. The fraction of sp³-hybridized carbons (Fsp3) is 0.480. The first-order valence-corrected chi connectivity index (χ1v) is 13.3. The standard InChI is InChI=1S/C25H31ClN2O5S/c1-16(2)25-13-12-24(4,33-25)22(14-25)32-21-7-5-6-20(26)19(21)15-27-23(29)28-34(30,31)18-10-8-17(3)9-11-18/h5-11,16,22H,12-15H2,1-4H3,(H2,27,28,29)/t22-,24+,25+/m1/s1. The Kier molecular flexibility index (Phi) is 6.61. The number of benzene rings is 2. The lowest BCUT2D eigenvalue weighted by molar-refractivity contribution is -0.0770. The van der Waals surface area contributed by atoms with Crippen LogP contribution in [0.15, 0.2) is 47.4 Å². The molecule has 0 aliphatic carbocycles. The van der Waals surface area contributed by atoms with Gasteiger partial charge in [-0.3, -0.25) is 0 Å². The maximum atomic E-state index is 12.5. The van der Waals surface area contributed by atoms with Crippen molar-refractivity contribution >= 4 is 27.7 Å². The summed E-state index contributed by atoms with van der Waals surface area (Å²) in [4.78, 5) is 12.4. The highest BCUT2D eigenvalue weighted by atomic mass is 35.5. The topological polar surface area (TPSA) is 93.7 Å². The van der Waals surface area contributed by atoms with E-state index in [1.807, 2.05) is 11.6 Å². The summed E-state index contributed by atoms with van der Waals surface area (Å²) in [5, 5.41) is 3.01. The van der Waals surface area contributed by atoms with E-state index in [9.17, 15) is 13.2 Å². The van der Waals surface area contributed by atoms with Crippen molar-refractivity contribution in [2.24, 2.45) is 5.92 Å². The SMILES string of the molecule is Cc1ccc(S(=O)(=O)NC(=O)NCc2c(Cl)cccc2O[C@@H]2C[C@]3(C(C)C)CC[C@]2(C)O3)cc1. The van der Waals surface area contributed by atoms with Gasteiger partial charge in [0.1, 0.15) is 17.5 Å². The molecule has 2 N–H and O–H groups in total. The Hall–Kier alpha value is -2.29. The third-order valence-electron chi connectivity index (χ3n) is 7.07. The van der Waals surface area contributed by atoms with Crippen molar-refractivity contribution in [2.45, 2.75) is 75.7 Å². The third-order valence-corrected chi connectivity index (χ3v) is 8.78. The smallest absolute Gasteiger partial charge is 0.328 e. The van der Waals surface area contributed by atoms with Crippen LogP contribution in [0, 0.1) is 12.8 Å². The molecule has 2 fully saturated rings. The van der Waals surface area contributed by atoms with Crippen LogP contribution >= 0.6 is 11.6 Å². The van der Waals surface area contributed by atoms with Gasteiger partial charge in [-0.25, -0.2) is 17.9 Å². The van der Waals surface area contributed by atoms with Gasteiger partial charge < -0.3 is 14.8 Å². The Morgan fingerprint density at radius 1 is 1.21 bits per heavy atom. The van der Waals surface area contributed by atoms with Gasteiger partial charge in [-0.15, -0.1) is 0 Å². The minimum atomic E-state index is -3.99. The highest BCUT2D eigenvalue weighted by Gasteiger charge is 2.61. The molecule has 0 saturated carbocycles. The summed E-state index contributed by atoms with van der Waals surface area (Å²) in [5.74, 6) is 0.929. The van der Waals surface area contributed by atoms with E-state index in [0.29, 0.717) is 22.3 Å². The van der Waals surface area contributed by atoms with Gasteiger partial charge in [0.25, 0.3) is 10.0 Å². The summed E-state index contributed by atoms with van der Waals surface area (Å²) in [7, 11) is -3.99. The molecular weight excluding hydrogens is 476 g/mol. The molecule has 2 bridgehead atoms. The number of rotatable bonds is 7. The van der Waals surface area contributed by atoms with Crippen LogP contribution in [0.4, 0.5) is 4.79 Å². The molecule has 2 aromatic carbocycles. The number of halogens is 1. The average Bonchev–Trinajstić information content (AvgIpc) is 3.25. The Balaban J connectivity index is 1.45. The first-order chi connectivity index (χ1) is 15.9. The van der Waals surface area contributed by atoms with Crippen LogP contribution in [-0.2, 0) is 21.3 Å². The lowest BCUT2D eigenvalue weighted by Crippen LogP contribution is -2.41. The zero-order valence-corrected chi connectivity index (χ0v) is 21.4. The van der Waals surface area contributed by atoms with Gasteiger partial charge in [-0.05, 0) is 56.9 Å². The summed E-state index contributed by atoms with van der Waals surface area (Å²) in [5.41, 5.74) is 0.943. The van der Waals surface area contributed by atoms with Gasteiger partial charge >= 0.3 is 6.03 Å². The fourth-order valence-corrected chi connectivity index (χ4v) is 5.97. The van der Waals surface area contributed by atoms with E-state index in [0.717, 1.165) is 24.8 Å². The molecule has 2 heterocycles. The zero-order valence-electron chi connectivity index (χ0n) is 19.9. The molecule has 2 amide bonds. The summed E-state index contributed by atoms with van der Waals surface area (Å²) >= 11 is 6.43. The van der Waals surface area contributed by atoms with E-state index in [1.165, 1.54) is 12.1 Å². The molecule has 3 atom stereocenters. The summed E-state index contributed by atoms with van der Waals surface area (Å²) < 4.78 is 39.9. The normalized spacial score (nSPS) is 26.0. The molecule has 2 aromatic rings. The number of hydrogen-bond acceptors (Lipinski definition) is 5. The first-order valence-electron chi connectivity index (χ1n) is 11.5. The summed E-state index contributed by atoms with van der Waals surface area (Å²) in [6, 6.07) is 10.7. The molecule has 0 radical (unpaired) electrons. The van der Waals surface area contributed by atoms with Crippen LogP contribution < -0.4 is 14.8 Å². The van der Waals surface area contributed by atoms with Crippen molar-refractivity contribution in [3.8, 4) is 5.75 Å². The fourth-order valence-electron chi connectivity index (χ4n) is 4.81. The van der Waals surface area contributed by atoms with Crippen molar-refractivity contribution in [1.82, 2.24) is 10.0 Å². The van der Waals surface area contributed by atoms with Crippen molar-refractivity contribution < 1.29 is 22.7 Å². The lowest BCUT2D eigenvalue weighted by Gasteiger charge is -2.32. The van der Waals surface area contributed by atoms with Gasteiger partial charge in [0.05, 0.1) is 10.5 Å². The van der Waals surface area contributed by atoms with Gasteiger partial charge in [0.2, 0.25) is 0 Å². The number of urea groups is 1. The lowest BCUT2D eigenvalue weighted by atomic mass is 9.75. The second kappa shape index (κ2) is 9.06. The number of carbonyl (C=O) groups excluding carboxylic acids is 1. The number of fused-ring (bicyclic) bond motifs is 2. The van der Waals surface area contributed by atoms with E-state index >= 15 is 0 Å². The van der Waals surface area contributed by atoms with E-state index in [1.54, 1.807) is 30.3 Å². The van der Waals surface area contributed by atoms with Crippen LogP contribution in [0.25, 0.3) is 0 Å². The largest absolute Gasteiger partial charge is 0.487 e. The molecule has 9 heteroatoms. The molecule has 184 valence electrons. The van der Waals surface area contributed by atoms with E-state index in [2.05, 4.69) is 26.1 Å². The number of sulfonamides is 1. The molecule has 0 unspecified atom stereocenters. The molecule has 0 aromatic heterocycles. The molecule has 2 aliphatic heterocycles. The molecule has 7 nitrogen and oxygen atoms in total. The highest BCUT2D eigenvalue weighted by molar-refractivity contribution is 7.90. The highest BCUT2D eigenvalue weighted by Crippen LogP contribution is 2.55. The van der Waals surface area contributed by atoms with Crippen LogP contribution in [-0.4, -0.2) is 31.8 Å². The van der Waals surface area contributed by atoms with E-state index < -0.39 is 16.1 Å². The maximum absolute atomic E-state index is 12.5. The van der Waals surface area contributed by atoms with Gasteiger partial charge in [-0.1, -0.05) is 49.2 Å². The van der Waals surface area contributed by atoms with Crippen LogP contribution in [0.5, 0.6) is 5.75 Å². The quantitative estimate of drug-likeness (QED) is 0.554. The summed E-state index contributed by atoms with van der Waals surface area (Å²) in [6.07, 6.45) is 2.58. The van der Waals surface area contributed by atoms with Gasteiger partial charge in [0.15, 0.2) is 0 Å². The zero-order chi connectivity index (χ0) is 24.7. The second-order valence-electron chi connectivity index (χ2n) is 9.76. The van der Waals surface area contributed by atoms with Crippen molar-refractivity contribution in [2.75, 3.05) is 0 Å². The molecule has 4 rings (SSSR count).